The Bertz CT molecular complexity index is 162. The topological polar surface area (TPSA) is 49.4 Å². The maximum atomic E-state index is 10.8. The molecule has 0 saturated carbocycles. The molecule has 0 aromatic rings. The fourth-order valence-electron chi connectivity index (χ4n) is 0.938. The van der Waals surface area contributed by atoms with Gasteiger partial charge in [0, 0.05) is 0 Å². The molecule has 10 heavy (non-hydrogen) atoms. The number of likely N-dealkylation sites (tertiary alicyclic amines) is 1. The van der Waals surface area contributed by atoms with E-state index in [9.17, 15) is 9.50 Å². The second-order valence-corrected chi connectivity index (χ2v) is 2.35. The first kappa shape index (κ1) is 7.40. The fourth-order valence-corrected chi connectivity index (χ4v) is 0.938. The number of carbonyl (C=O) groups is 1. The number of hydrogen-bond donors (Lipinski definition) is 1. The van der Waals surface area contributed by atoms with Gasteiger partial charge < -0.3 is 0 Å². The van der Waals surface area contributed by atoms with Crippen molar-refractivity contribution >= 4 is 13.1 Å². The molecular weight excluding hydrogens is 131 g/mol. The molecule has 1 amide bonds. The number of likely N-dealkylation sites (N-methyl/N-ethyl adjacent to an activating group) is 1. The normalized spacial score (nSPS) is 23.9. The molecule has 0 spiro atoms. The predicted molar refractivity (Wildman–Crippen MR) is 35.9 cm³/mol. The Balaban J connectivity index is 2.20. The van der Waals surface area contributed by atoms with Crippen LogP contribution in [0.15, 0.2) is 0 Å². The van der Waals surface area contributed by atoms with Crippen LogP contribution in [-0.4, -0.2) is 44.0 Å². The minimum absolute atomic E-state index is 0.0712. The molecule has 1 saturated heterocycles. The van der Waals surface area contributed by atoms with Crippen LogP contribution in [-0.2, 0) is 9.50 Å². The van der Waals surface area contributed by atoms with Crippen molar-refractivity contribution in [3.63, 3.8) is 0 Å². The van der Waals surface area contributed by atoms with Crippen LogP contribution < -0.4 is 5.32 Å². The molecule has 1 aliphatic rings. The van der Waals surface area contributed by atoms with E-state index in [0.717, 1.165) is 7.15 Å². The van der Waals surface area contributed by atoms with Crippen molar-refractivity contribution in [2.24, 2.45) is 0 Å². The van der Waals surface area contributed by atoms with Gasteiger partial charge in [-0.1, -0.05) is 0 Å². The number of β-lactam (4-membered cyclic amide) rings is 1. The van der Waals surface area contributed by atoms with Crippen LogP contribution in [0, 0.1) is 0 Å². The van der Waals surface area contributed by atoms with Gasteiger partial charge >= 0.3 is 58.9 Å². The van der Waals surface area contributed by atoms with Gasteiger partial charge in [-0.15, -0.1) is 0 Å². The number of carbonyl (C=O) groups excluding carboxylic acids is 1. The van der Waals surface area contributed by atoms with Crippen molar-refractivity contribution in [3.8, 4) is 0 Å². The summed E-state index contributed by atoms with van der Waals surface area (Å²) >= 11 is 0. The van der Waals surface area contributed by atoms with Gasteiger partial charge in [0.05, 0.1) is 0 Å². The Labute approximate surface area is 59.8 Å². The van der Waals surface area contributed by atoms with E-state index < -0.39 is 0 Å². The van der Waals surface area contributed by atoms with Gasteiger partial charge in [-0.05, 0) is 0 Å². The first-order chi connectivity index (χ1) is 4.75. The van der Waals surface area contributed by atoms with E-state index in [2.05, 4.69) is 5.32 Å². The molecule has 0 radical (unpaired) electrons. The zero-order valence-electron chi connectivity index (χ0n) is 5.83. The van der Waals surface area contributed by atoms with E-state index in [1.807, 2.05) is 0 Å². The Morgan fingerprint density at radius 3 is 3.00 bits per heavy atom. The number of hydrogen-bond acceptors (Lipinski definition) is 3. The zero-order chi connectivity index (χ0) is 7.56. The molecule has 1 fully saturated rings. The van der Waals surface area contributed by atoms with E-state index in [1.165, 1.54) is 0 Å². The molecule has 0 bridgehead atoms. The van der Waals surface area contributed by atoms with Gasteiger partial charge in [-0.2, -0.15) is 0 Å². The Morgan fingerprint density at radius 2 is 2.60 bits per heavy atom. The number of rotatable bonds is 3. The molecule has 5 heteroatoms. The fraction of sp³-hybridized carbons (Fsp3) is 0.800. The average molecular weight is 140 g/mol. The van der Waals surface area contributed by atoms with Crippen LogP contribution in [0.3, 0.4) is 0 Å². The van der Waals surface area contributed by atoms with Crippen molar-refractivity contribution in [3.05, 3.63) is 0 Å². The molecule has 0 aromatic carbocycles. The van der Waals surface area contributed by atoms with Crippen LogP contribution in [0.2, 0.25) is 0 Å². The minimum atomic E-state index is -0.116. The van der Waals surface area contributed by atoms with Crippen molar-refractivity contribution in [1.29, 1.82) is 0 Å². The van der Waals surface area contributed by atoms with Crippen molar-refractivity contribution in [2.75, 3.05) is 20.0 Å². The average Bonchev–Trinajstić information content (AvgIpc) is 1.97. The summed E-state index contributed by atoms with van der Waals surface area (Å²) in [7, 11) is 2.49. The Morgan fingerprint density at radius 1 is 1.90 bits per heavy atom. The third-order valence-corrected chi connectivity index (χ3v) is 1.58. The summed E-state index contributed by atoms with van der Waals surface area (Å²) in [6, 6.07) is -0.116. The number of nitrogens with zero attached hydrogens (tertiary/aromatic N) is 1. The van der Waals surface area contributed by atoms with Gasteiger partial charge in [0.2, 0.25) is 0 Å². The molecule has 54 valence electrons. The summed E-state index contributed by atoms with van der Waals surface area (Å²) in [6.45, 7) is 0.715. The first-order valence-electron chi connectivity index (χ1n) is 3.17. The van der Waals surface area contributed by atoms with E-state index >= 15 is 0 Å². The summed E-state index contributed by atoms with van der Waals surface area (Å²) in [5.41, 5.74) is 0. The SMILES string of the molecule is CN1CC(NCB=O)C1=O. The van der Waals surface area contributed by atoms with Crippen molar-refractivity contribution < 1.29 is 9.50 Å². The van der Waals surface area contributed by atoms with Gasteiger partial charge in [0.25, 0.3) is 0 Å². The summed E-state index contributed by atoms with van der Waals surface area (Å²) in [5, 5.41) is 2.79. The first-order valence-corrected chi connectivity index (χ1v) is 3.17. The van der Waals surface area contributed by atoms with Crippen molar-refractivity contribution in [1.82, 2.24) is 10.2 Å². The van der Waals surface area contributed by atoms with Crippen LogP contribution in [0.25, 0.3) is 0 Å². The molecule has 1 rings (SSSR count). The van der Waals surface area contributed by atoms with Crippen LogP contribution in [0.1, 0.15) is 0 Å². The van der Waals surface area contributed by atoms with Crippen LogP contribution >= 0.6 is 0 Å². The molecule has 1 heterocycles. The molecule has 0 aromatic heterocycles. The van der Waals surface area contributed by atoms with E-state index in [0.29, 0.717) is 6.54 Å². The molecule has 0 aliphatic carbocycles. The maximum absolute atomic E-state index is 10.8. The van der Waals surface area contributed by atoms with E-state index in [4.69, 9.17) is 0 Å². The number of amides is 1. The van der Waals surface area contributed by atoms with Gasteiger partial charge in [0.1, 0.15) is 0 Å². The second kappa shape index (κ2) is 2.92. The number of nitrogens with one attached hydrogen (secondary N) is 1. The van der Waals surface area contributed by atoms with Crippen molar-refractivity contribution in [2.45, 2.75) is 6.04 Å². The van der Waals surface area contributed by atoms with Gasteiger partial charge in [-0.3, -0.25) is 0 Å². The Kier molecular flexibility index (Phi) is 2.16. The monoisotopic (exact) mass is 140 g/mol. The zero-order valence-corrected chi connectivity index (χ0v) is 5.83. The summed E-state index contributed by atoms with van der Waals surface area (Å²) in [5.74, 6) is 0.0712. The van der Waals surface area contributed by atoms with Crippen LogP contribution in [0.5, 0.6) is 0 Å². The predicted octanol–water partition coefficient (Wildman–Crippen LogP) is -1.58. The molecule has 1 aliphatic heterocycles. The van der Waals surface area contributed by atoms with Gasteiger partial charge in [-0.25, -0.2) is 0 Å². The summed E-state index contributed by atoms with van der Waals surface area (Å²) < 4.78 is 9.85. The molecule has 1 atom stereocenters. The molecular formula is C5H9BN2O2. The third kappa shape index (κ3) is 1.24. The van der Waals surface area contributed by atoms with Gasteiger partial charge in [0.15, 0.2) is 0 Å². The summed E-state index contributed by atoms with van der Waals surface area (Å²) in [6.07, 6.45) is 0.268. The molecule has 4 nitrogen and oxygen atoms in total. The molecule has 1 unspecified atom stereocenters. The molecule has 1 N–H and O–H groups in total. The second-order valence-electron chi connectivity index (χ2n) is 2.35. The van der Waals surface area contributed by atoms with E-state index in [-0.39, 0.29) is 18.4 Å². The standard InChI is InChI=1S/C5H9BN2O2/c1-8-2-4(5(8)9)7-3-6-10/h4,7H,2-3H2,1H3. The van der Waals surface area contributed by atoms with Crippen LogP contribution in [0.4, 0.5) is 0 Å². The third-order valence-electron chi connectivity index (χ3n) is 1.58. The summed E-state index contributed by atoms with van der Waals surface area (Å²) in [4.78, 5) is 12.4. The Hall–Kier alpha value is -0.705. The quantitative estimate of drug-likeness (QED) is 0.380. The van der Waals surface area contributed by atoms with E-state index in [1.54, 1.807) is 11.9 Å².